The van der Waals surface area contributed by atoms with Crippen LogP contribution in [0.15, 0.2) is 53.3 Å². The summed E-state index contributed by atoms with van der Waals surface area (Å²) in [5.41, 5.74) is 0.616. The van der Waals surface area contributed by atoms with Gasteiger partial charge in [-0.3, -0.25) is 9.13 Å². The second-order valence-electron chi connectivity index (χ2n) is 8.67. The molecule has 3 aromatic rings. The van der Waals surface area contributed by atoms with Crippen LogP contribution in [0.1, 0.15) is 73.3 Å². The normalized spacial score (nSPS) is 11.7. The van der Waals surface area contributed by atoms with Crippen molar-refractivity contribution in [3.05, 3.63) is 81.5 Å². The number of hydrogen-bond acceptors (Lipinski definition) is 2. The molecule has 5 nitrogen and oxygen atoms in total. The predicted octanol–water partition coefficient (Wildman–Crippen LogP) is 6.61. The summed E-state index contributed by atoms with van der Waals surface area (Å²) in [5, 5.41) is 9.45. The topological polar surface area (TPSA) is 64.2 Å². The average Bonchev–Trinajstić information content (AvgIpc) is 3.09. The first-order valence-electron chi connectivity index (χ1n) is 12.0. The smallest absolute Gasteiger partial charge is 0.433 e. The third-order valence-electron chi connectivity index (χ3n) is 6.11. The lowest BCUT2D eigenvalue weighted by molar-refractivity contribution is -0.144. The van der Waals surface area contributed by atoms with Gasteiger partial charge in [-0.05, 0) is 42.0 Å². The SMILES string of the molecule is CCCCCn1c(C(F)(F)F)c(CCCC)n(Cc2ccc(-c3ccccc3C(=O)O)cc2)c1=O. The van der Waals surface area contributed by atoms with Gasteiger partial charge in [0.05, 0.1) is 17.8 Å². The number of aromatic nitrogens is 2. The maximum absolute atomic E-state index is 14.1. The molecule has 0 bridgehead atoms. The molecule has 1 heterocycles. The molecule has 0 fully saturated rings. The third kappa shape index (κ3) is 6.05. The van der Waals surface area contributed by atoms with Crippen molar-refractivity contribution in [3.8, 4) is 11.1 Å². The van der Waals surface area contributed by atoms with Crippen LogP contribution in [-0.2, 0) is 25.7 Å². The Morgan fingerprint density at radius 2 is 1.57 bits per heavy atom. The molecule has 2 aromatic carbocycles. The number of alkyl halides is 3. The molecule has 0 aliphatic heterocycles. The van der Waals surface area contributed by atoms with Gasteiger partial charge in [0.25, 0.3) is 0 Å². The molecular formula is C27H31F3N2O3. The molecule has 0 unspecified atom stereocenters. The van der Waals surface area contributed by atoms with Gasteiger partial charge < -0.3 is 5.11 Å². The number of carboxylic acid groups (broad SMARTS) is 1. The Kier molecular flexibility index (Phi) is 8.59. The number of carboxylic acids is 1. The minimum absolute atomic E-state index is 0.0165. The quantitative estimate of drug-likeness (QED) is 0.309. The van der Waals surface area contributed by atoms with Crippen LogP contribution in [0.3, 0.4) is 0 Å². The van der Waals surface area contributed by atoms with E-state index in [1.165, 1.54) is 10.6 Å². The molecule has 1 N–H and O–H groups in total. The standard InChI is InChI=1S/C27H31F3N2O3/c1-3-5-9-17-31-24(27(28,29)30)23(12-6-4-2)32(26(31)35)18-19-13-15-20(16-14-19)21-10-7-8-11-22(21)25(33)34/h7-8,10-11,13-16H,3-6,9,12,17-18H2,1-2H3,(H,33,34). The summed E-state index contributed by atoms with van der Waals surface area (Å²) in [6.07, 6.45) is -1.09. The van der Waals surface area contributed by atoms with Gasteiger partial charge >= 0.3 is 17.8 Å². The van der Waals surface area contributed by atoms with Crippen molar-refractivity contribution in [2.45, 2.75) is 71.6 Å². The molecular weight excluding hydrogens is 457 g/mol. The van der Waals surface area contributed by atoms with Crippen LogP contribution in [0, 0.1) is 0 Å². The number of imidazole rings is 1. The zero-order chi connectivity index (χ0) is 25.6. The number of hydrogen-bond donors (Lipinski definition) is 1. The molecule has 0 radical (unpaired) electrons. The first kappa shape index (κ1) is 26.3. The summed E-state index contributed by atoms with van der Waals surface area (Å²) in [6.45, 7) is 3.92. The average molecular weight is 489 g/mol. The maximum Gasteiger partial charge on any atom is 0.433 e. The van der Waals surface area contributed by atoms with Gasteiger partial charge in [0.15, 0.2) is 0 Å². The molecule has 3 rings (SSSR count). The highest BCUT2D eigenvalue weighted by Gasteiger charge is 2.40. The Morgan fingerprint density at radius 3 is 2.17 bits per heavy atom. The Morgan fingerprint density at radius 1 is 0.914 bits per heavy atom. The zero-order valence-electron chi connectivity index (χ0n) is 20.1. The summed E-state index contributed by atoms with van der Waals surface area (Å²) in [4.78, 5) is 24.7. The van der Waals surface area contributed by atoms with Crippen LogP contribution in [-0.4, -0.2) is 20.2 Å². The number of unbranched alkanes of at least 4 members (excludes halogenated alkanes) is 3. The van der Waals surface area contributed by atoms with Crippen LogP contribution in [0.2, 0.25) is 0 Å². The second kappa shape index (κ2) is 11.4. The van der Waals surface area contributed by atoms with E-state index in [-0.39, 0.29) is 30.8 Å². The van der Waals surface area contributed by atoms with Crippen molar-refractivity contribution in [2.75, 3.05) is 0 Å². The van der Waals surface area contributed by atoms with Crippen molar-refractivity contribution in [2.24, 2.45) is 0 Å². The van der Waals surface area contributed by atoms with E-state index in [0.717, 1.165) is 17.4 Å². The summed E-state index contributed by atoms with van der Waals surface area (Å²) in [5.74, 6) is -1.04. The van der Waals surface area contributed by atoms with E-state index < -0.39 is 23.5 Å². The Hall–Kier alpha value is -3.29. The fourth-order valence-corrected chi connectivity index (χ4v) is 4.34. The van der Waals surface area contributed by atoms with Crippen LogP contribution < -0.4 is 5.69 Å². The van der Waals surface area contributed by atoms with Crippen molar-refractivity contribution < 1.29 is 23.1 Å². The van der Waals surface area contributed by atoms with E-state index >= 15 is 0 Å². The fourth-order valence-electron chi connectivity index (χ4n) is 4.34. The first-order chi connectivity index (χ1) is 16.7. The van der Waals surface area contributed by atoms with E-state index in [1.807, 2.05) is 13.8 Å². The number of benzene rings is 2. The Labute approximate surface area is 202 Å². The van der Waals surface area contributed by atoms with Crippen LogP contribution >= 0.6 is 0 Å². The Balaban J connectivity index is 2.01. The predicted molar refractivity (Wildman–Crippen MR) is 130 cm³/mol. The fraction of sp³-hybridized carbons (Fsp3) is 0.407. The molecule has 0 spiro atoms. The van der Waals surface area contributed by atoms with Gasteiger partial charge in [0.1, 0.15) is 5.69 Å². The van der Waals surface area contributed by atoms with E-state index in [2.05, 4.69) is 0 Å². The van der Waals surface area contributed by atoms with Gasteiger partial charge in [-0.25, -0.2) is 9.59 Å². The van der Waals surface area contributed by atoms with Crippen LogP contribution in [0.4, 0.5) is 13.2 Å². The monoisotopic (exact) mass is 488 g/mol. The number of halogens is 3. The summed E-state index contributed by atoms with van der Waals surface area (Å²) < 4.78 is 44.5. The van der Waals surface area contributed by atoms with E-state index in [4.69, 9.17) is 0 Å². The lowest BCUT2D eigenvalue weighted by atomic mass is 9.98. The van der Waals surface area contributed by atoms with Gasteiger partial charge in [-0.2, -0.15) is 13.2 Å². The van der Waals surface area contributed by atoms with Crippen molar-refractivity contribution >= 4 is 5.97 Å². The van der Waals surface area contributed by atoms with Gasteiger partial charge in [-0.1, -0.05) is 75.6 Å². The van der Waals surface area contributed by atoms with E-state index in [1.54, 1.807) is 42.5 Å². The largest absolute Gasteiger partial charge is 0.478 e. The summed E-state index contributed by atoms with van der Waals surface area (Å²) in [6, 6.07) is 13.5. The number of rotatable bonds is 11. The minimum Gasteiger partial charge on any atom is -0.478 e. The highest BCUT2D eigenvalue weighted by molar-refractivity contribution is 5.95. The summed E-state index contributed by atoms with van der Waals surface area (Å²) >= 11 is 0. The third-order valence-corrected chi connectivity index (χ3v) is 6.11. The van der Waals surface area contributed by atoms with Crippen molar-refractivity contribution in [3.63, 3.8) is 0 Å². The summed E-state index contributed by atoms with van der Waals surface area (Å²) in [7, 11) is 0. The molecule has 0 aliphatic carbocycles. The lowest BCUT2D eigenvalue weighted by Crippen LogP contribution is -2.27. The van der Waals surface area contributed by atoms with Crippen molar-refractivity contribution in [1.29, 1.82) is 0 Å². The molecule has 0 saturated heterocycles. The molecule has 1 aromatic heterocycles. The van der Waals surface area contributed by atoms with Crippen LogP contribution in [0.5, 0.6) is 0 Å². The molecule has 0 aliphatic rings. The molecule has 0 saturated carbocycles. The zero-order valence-corrected chi connectivity index (χ0v) is 20.1. The highest BCUT2D eigenvalue weighted by atomic mass is 19.4. The first-order valence-corrected chi connectivity index (χ1v) is 12.0. The minimum atomic E-state index is -4.62. The molecule has 0 amide bonds. The second-order valence-corrected chi connectivity index (χ2v) is 8.67. The molecule has 8 heteroatoms. The maximum atomic E-state index is 14.1. The van der Waals surface area contributed by atoms with Crippen molar-refractivity contribution in [1.82, 2.24) is 9.13 Å². The number of aromatic carboxylic acids is 1. The van der Waals surface area contributed by atoms with Gasteiger partial charge in [0, 0.05) is 6.54 Å². The van der Waals surface area contributed by atoms with E-state index in [0.29, 0.717) is 36.0 Å². The number of nitrogens with zero attached hydrogens (tertiary/aromatic N) is 2. The highest BCUT2D eigenvalue weighted by Crippen LogP contribution is 2.33. The Bertz CT molecular complexity index is 1210. The molecule has 35 heavy (non-hydrogen) atoms. The number of carbonyl (C=O) groups is 1. The van der Waals surface area contributed by atoms with Gasteiger partial charge in [0.2, 0.25) is 0 Å². The molecule has 188 valence electrons. The van der Waals surface area contributed by atoms with Gasteiger partial charge in [-0.15, -0.1) is 0 Å². The lowest BCUT2D eigenvalue weighted by Gasteiger charge is -2.13. The van der Waals surface area contributed by atoms with E-state index in [9.17, 15) is 27.9 Å². The van der Waals surface area contributed by atoms with Crippen LogP contribution in [0.25, 0.3) is 11.1 Å². The molecule has 0 atom stereocenters.